The van der Waals surface area contributed by atoms with Crippen molar-refractivity contribution in [1.29, 1.82) is 0 Å². The lowest BCUT2D eigenvalue weighted by molar-refractivity contribution is -0.133. The topological polar surface area (TPSA) is 58.6 Å². The molecule has 2 fully saturated rings. The number of rotatable bonds is 10. The van der Waals surface area contributed by atoms with Gasteiger partial charge in [0.05, 0.1) is 30.4 Å². The van der Waals surface area contributed by atoms with Gasteiger partial charge >= 0.3 is 0 Å². The minimum Gasteiger partial charge on any atom is -0.493 e. The third-order valence-corrected chi connectivity index (χ3v) is 7.31. The number of likely N-dealkylation sites (tertiary alicyclic amines) is 1. The largest absolute Gasteiger partial charge is 0.493 e. The van der Waals surface area contributed by atoms with Gasteiger partial charge in [-0.2, -0.15) is 0 Å². The second kappa shape index (κ2) is 11.8. The number of carbonyl (C=O) groups is 1. The van der Waals surface area contributed by atoms with Crippen LogP contribution < -0.4 is 9.64 Å². The van der Waals surface area contributed by atoms with Crippen LogP contribution in [0.4, 0.5) is 10.3 Å². The molecule has 2 aromatic rings. The molecule has 0 N–H and O–H groups in total. The standard InChI is InChI=1S/C26H34ClFN4O2/c1-2-19(14-20-6-11-32(12-7-20)26-29-17-22(27)18-30-26)8-13-34-23-5-4-21(24(28)16-23)15-25(33)31-9-3-10-31/h4-5,16-20H,2-3,6-15H2,1H3. The van der Waals surface area contributed by atoms with E-state index in [-0.39, 0.29) is 18.1 Å². The van der Waals surface area contributed by atoms with E-state index in [9.17, 15) is 9.18 Å². The second-order valence-electron chi connectivity index (χ2n) is 9.44. The monoisotopic (exact) mass is 488 g/mol. The predicted molar refractivity (Wildman–Crippen MR) is 132 cm³/mol. The van der Waals surface area contributed by atoms with Crippen molar-refractivity contribution < 1.29 is 13.9 Å². The summed E-state index contributed by atoms with van der Waals surface area (Å²) in [5, 5.41) is 0.558. The molecule has 2 aliphatic rings. The quantitative estimate of drug-likeness (QED) is 0.463. The summed E-state index contributed by atoms with van der Waals surface area (Å²) in [6, 6.07) is 4.86. The second-order valence-corrected chi connectivity index (χ2v) is 9.88. The van der Waals surface area contributed by atoms with Crippen molar-refractivity contribution >= 4 is 23.5 Å². The Hall–Kier alpha value is -2.41. The van der Waals surface area contributed by atoms with Crippen molar-refractivity contribution in [1.82, 2.24) is 14.9 Å². The molecular weight excluding hydrogens is 455 g/mol. The Morgan fingerprint density at radius 3 is 2.56 bits per heavy atom. The zero-order valence-corrected chi connectivity index (χ0v) is 20.6. The third-order valence-electron chi connectivity index (χ3n) is 7.12. The van der Waals surface area contributed by atoms with Crippen molar-refractivity contribution in [2.45, 2.75) is 51.9 Å². The Bertz CT molecular complexity index is 946. The van der Waals surface area contributed by atoms with Gasteiger partial charge in [0.2, 0.25) is 11.9 Å². The zero-order chi connectivity index (χ0) is 23.9. The smallest absolute Gasteiger partial charge is 0.227 e. The molecule has 1 aromatic carbocycles. The molecule has 0 saturated carbocycles. The van der Waals surface area contributed by atoms with E-state index in [0.29, 0.717) is 34.8 Å². The SMILES string of the molecule is CCC(CCOc1ccc(CC(=O)N2CCC2)c(F)c1)CC1CCN(c2ncc(Cl)cn2)CC1. The van der Waals surface area contributed by atoms with Crippen molar-refractivity contribution in [3.63, 3.8) is 0 Å². The molecule has 0 spiro atoms. The summed E-state index contributed by atoms with van der Waals surface area (Å²) in [5.41, 5.74) is 0.436. The normalized spacial score (nSPS) is 17.4. The molecule has 6 nitrogen and oxygen atoms in total. The highest BCUT2D eigenvalue weighted by molar-refractivity contribution is 6.30. The van der Waals surface area contributed by atoms with E-state index >= 15 is 0 Å². The van der Waals surface area contributed by atoms with Crippen LogP contribution in [0.5, 0.6) is 5.75 Å². The Balaban J connectivity index is 1.18. The molecule has 184 valence electrons. The van der Waals surface area contributed by atoms with E-state index in [0.717, 1.165) is 64.2 Å². The number of piperidine rings is 1. The lowest BCUT2D eigenvalue weighted by Gasteiger charge is -2.33. The van der Waals surface area contributed by atoms with Gasteiger partial charge < -0.3 is 14.5 Å². The molecule has 34 heavy (non-hydrogen) atoms. The van der Waals surface area contributed by atoms with Gasteiger partial charge in [-0.25, -0.2) is 14.4 Å². The van der Waals surface area contributed by atoms with Crippen molar-refractivity contribution in [2.75, 3.05) is 37.7 Å². The highest BCUT2D eigenvalue weighted by atomic mass is 35.5. The van der Waals surface area contributed by atoms with Gasteiger partial charge in [0.15, 0.2) is 0 Å². The van der Waals surface area contributed by atoms with Crippen LogP contribution in [-0.4, -0.2) is 53.6 Å². The number of hydrogen-bond donors (Lipinski definition) is 0. The number of amides is 1. The number of nitrogens with zero attached hydrogens (tertiary/aromatic N) is 4. The first-order valence-corrected chi connectivity index (χ1v) is 12.8. The fourth-order valence-corrected chi connectivity index (χ4v) is 4.84. The number of aromatic nitrogens is 2. The molecule has 1 aromatic heterocycles. The fourth-order valence-electron chi connectivity index (χ4n) is 4.74. The average molecular weight is 489 g/mol. The molecule has 1 unspecified atom stereocenters. The van der Waals surface area contributed by atoms with E-state index in [4.69, 9.17) is 16.3 Å². The Labute approximate surface area is 206 Å². The summed E-state index contributed by atoms with van der Waals surface area (Å²) in [6.07, 6.45) is 9.96. The molecule has 3 heterocycles. The molecule has 2 aliphatic heterocycles. The number of benzene rings is 1. The summed E-state index contributed by atoms with van der Waals surface area (Å²) in [4.78, 5) is 24.8. The van der Waals surface area contributed by atoms with Gasteiger partial charge in [-0.3, -0.25) is 4.79 Å². The molecule has 0 radical (unpaired) electrons. The number of halogens is 2. The van der Waals surface area contributed by atoms with E-state index in [1.54, 1.807) is 29.4 Å². The summed E-state index contributed by atoms with van der Waals surface area (Å²) >= 11 is 5.89. The molecule has 2 saturated heterocycles. The Kier molecular flexibility index (Phi) is 8.59. The minimum absolute atomic E-state index is 0.00358. The Morgan fingerprint density at radius 1 is 1.21 bits per heavy atom. The van der Waals surface area contributed by atoms with Crippen LogP contribution in [-0.2, 0) is 11.2 Å². The fraction of sp³-hybridized carbons (Fsp3) is 0.577. The van der Waals surface area contributed by atoms with Gasteiger partial charge in [0.1, 0.15) is 11.6 Å². The summed E-state index contributed by atoms with van der Waals surface area (Å²) < 4.78 is 20.3. The highest BCUT2D eigenvalue weighted by Gasteiger charge is 2.24. The minimum atomic E-state index is -0.366. The molecule has 4 rings (SSSR count). The first-order chi connectivity index (χ1) is 16.5. The molecule has 1 amide bonds. The number of hydrogen-bond acceptors (Lipinski definition) is 5. The molecule has 0 aliphatic carbocycles. The van der Waals surface area contributed by atoms with E-state index in [1.807, 2.05) is 0 Å². The van der Waals surface area contributed by atoms with Gasteiger partial charge in [-0.05, 0) is 55.6 Å². The van der Waals surface area contributed by atoms with E-state index < -0.39 is 0 Å². The van der Waals surface area contributed by atoms with Crippen molar-refractivity contribution in [2.24, 2.45) is 11.8 Å². The lowest BCUT2D eigenvalue weighted by atomic mass is 9.85. The van der Waals surface area contributed by atoms with Crippen LogP contribution in [0.2, 0.25) is 5.02 Å². The van der Waals surface area contributed by atoms with Gasteiger partial charge in [0, 0.05) is 32.2 Å². The van der Waals surface area contributed by atoms with Crippen molar-refractivity contribution in [3.05, 3.63) is 47.0 Å². The van der Waals surface area contributed by atoms with Crippen LogP contribution in [0, 0.1) is 17.7 Å². The Morgan fingerprint density at radius 2 is 1.94 bits per heavy atom. The summed E-state index contributed by atoms with van der Waals surface area (Å²) in [7, 11) is 0. The number of carbonyl (C=O) groups excluding carboxylic acids is 1. The van der Waals surface area contributed by atoms with Crippen molar-refractivity contribution in [3.8, 4) is 5.75 Å². The van der Waals surface area contributed by atoms with Crippen LogP contribution in [0.1, 0.15) is 51.0 Å². The summed E-state index contributed by atoms with van der Waals surface area (Å²) in [6.45, 7) is 6.30. The van der Waals surface area contributed by atoms with Gasteiger partial charge in [-0.1, -0.05) is 31.0 Å². The molecular formula is C26H34ClFN4O2. The van der Waals surface area contributed by atoms with E-state index in [1.165, 1.54) is 12.5 Å². The first-order valence-electron chi connectivity index (χ1n) is 12.4. The zero-order valence-electron chi connectivity index (χ0n) is 19.9. The average Bonchev–Trinajstić information content (AvgIpc) is 2.80. The van der Waals surface area contributed by atoms with Crippen LogP contribution in [0.25, 0.3) is 0 Å². The molecule has 0 bridgehead atoms. The van der Waals surface area contributed by atoms with Gasteiger partial charge in [0.25, 0.3) is 0 Å². The molecule has 1 atom stereocenters. The van der Waals surface area contributed by atoms with Crippen LogP contribution in [0.15, 0.2) is 30.6 Å². The predicted octanol–water partition coefficient (Wildman–Crippen LogP) is 5.15. The number of ether oxygens (including phenoxy) is 1. The maximum atomic E-state index is 14.5. The highest BCUT2D eigenvalue weighted by Crippen LogP contribution is 2.29. The number of anilines is 1. The maximum absolute atomic E-state index is 14.5. The third kappa shape index (κ3) is 6.59. The lowest BCUT2D eigenvalue weighted by Crippen LogP contribution is -2.42. The van der Waals surface area contributed by atoms with Crippen LogP contribution >= 0.6 is 11.6 Å². The van der Waals surface area contributed by atoms with Crippen LogP contribution in [0.3, 0.4) is 0 Å². The van der Waals surface area contributed by atoms with E-state index in [2.05, 4.69) is 21.8 Å². The molecule has 8 heteroatoms. The maximum Gasteiger partial charge on any atom is 0.227 e. The summed E-state index contributed by atoms with van der Waals surface area (Å²) in [5.74, 6) is 2.19. The van der Waals surface area contributed by atoms with Gasteiger partial charge in [-0.15, -0.1) is 0 Å². The first kappa shape index (κ1) is 24.7.